The number of rotatable bonds is 6. The molecule has 0 bridgehead atoms. The Labute approximate surface area is 161 Å². The van der Waals surface area contributed by atoms with Gasteiger partial charge in [-0.3, -0.25) is 0 Å². The van der Waals surface area contributed by atoms with E-state index in [1.165, 1.54) is 33.4 Å². The van der Waals surface area contributed by atoms with Crippen molar-refractivity contribution in [3.63, 3.8) is 0 Å². The molecule has 0 unspecified atom stereocenters. The highest BCUT2D eigenvalue weighted by molar-refractivity contribution is 5.71. The Morgan fingerprint density at radius 3 is 0.846 bits per heavy atom. The lowest BCUT2D eigenvalue weighted by Gasteiger charge is -2.14. The van der Waals surface area contributed by atoms with Gasteiger partial charge in [-0.25, -0.2) is 0 Å². The molecule has 0 heteroatoms. The highest BCUT2D eigenvalue weighted by Crippen LogP contribution is 2.27. The molecule has 0 atom stereocenters. The van der Waals surface area contributed by atoms with Crippen LogP contribution in [0.25, 0.3) is 12.2 Å². The number of benzene rings is 2. The fraction of sp³-hybridized carbons (Fsp3) is 0.462. The molecule has 0 saturated carbocycles. The molecule has 0 amide bonds. The lowest BCUT2D eigenvalue weighted by Crippen LogP contribution is -1.95. The predicted octanol–water partition coefficient (Wildman–Crippen LogP) is 8.35. The summed E-state index contributed by atoms with van der Waals surface area (Å²) in [4.78, 5) is 0. The van der Waals surface area contributed by atoms with Crippen LogP contribution in [0.1, 0.15) is 112 Å². The molecule has 2 rings (SSSR count). The predicted molar refractivity (Wildman–Crippen MR) is 118 cm³/mol. The second-order valence-corrected chi connectivity index (χ2v) is 8.82. The summed E-state index contributed by atoms with van der Waals surface area (Å²) < 4.78 is 0. The molecule has 0 heterocycles. The lowest BCUT2D eigenvalue weighted by atomic mass is 9.91. The first kappa shape index (κ1) is 20.5. The summed E-state index contributed by atoms with van der Waals surface area (Å²) in [6.45, 7) is 18.2. The summed E-state index contributed by atoms with van der Waals surface area (Å²) in [6, 6.07) is 14.1. The molecule has 0 aliphatic heterocycles. The highest BCUT2D eigenvalue weighted by atomic mass is 14.1. The maximum Gasteiger partial charge on any atom is -0.0219 e. The molecule has 26 heavy (non-hydrogen) atoms. The van der Waals surface area contributed by atoms with E-state index in [9.17, 15) is 0 Å². The Morgan fingerprint density at radius 2 is 0.654 bits per heavy atom. The van der Waals surface area contributed by atoms with E-state index in [1.807, 2.05) is 0 Å². The largest absolute Gasteiger partial charge is 0.0587 e. The minimum Gasteiger partial charge on any atom is -0.0587 e. The topological polar surface area (TPSA) is 0 Å². The molecular formula is C26H36. The number of hydrogen-bond acceptors (Lipinski definition) is 0. The fourth-order valence-electron chi connectivity index (χ4n) is 3.12. The smallest absolute Gasteiger partial charge is 0.0219 e. The molecule has 0 N–H and O–H groups in total. The van der Waals surface area contributed by atoms with Crippen LogP contribution in [0.4, 0.5) is 0 Å². The first-order valence-corrected chi connectivity index (χ1v) is 10.1. The third-order valence-electron chi connectivity index (χ3n) is 5.13. The van der Waals surface area contributed by atoms with E-state index in [2.05, 4.69) is 104 Å². The van der Waals surface area contributed by atoms with Gasteiger partial charge in [0.15, 0.2) is 0 Å². The van der Waals surface area contributed by atoms with Crippen LogP contribution >= 0.6 is 0 Å². The minimum atomic E-state index is 0.553. The molecule has 0 spiro atoms. The summed E-state index contributed by atoms with van der Waals surface area (Å²) in [6.07, 6.45) is 4.56. The summed E-state index contributed by atoms with van der Waals surface area (Å²) >= 11 is 0. The Morgan fingerprint density at radius 1 is 0.423 bits per heavy atom. The van der Waals surface area contributed by atoms with E-state index < -0.39 is 0 Å². The molecule has 140 valence electrons. The van der Waals surface area contributed by atoms with Gasteiger partial charge in [-0.1, -0.05) is 104 Å². The normalized spacial score (nSPS) is 12.3. The van der Waals surface area contributed by atoms with Gasteiger partial charge >= 0.3 is 0 Å². The Bertz CT molecular complexity index is 640. The summed E-state index contributed by atoms with van der Waals surface area (Å²) in [5.41, 5.74) is 8.32. The SMILES string of the molecule is CC(C)c1cc(C=Cc2cc(C(C)C)cc(C(C)C)c2)cc(C(C)C)c1. The van der Waals surface area contributed by atoms with Crippen molar-refractivity contribution in [2.75, 3.05) is 0 Å². The monoisotopic (exact) mass is 348 g/mol. The summed E-state index contributed by atoms with van der Waals surface area (Å²) in [5.74, 6) is 2.21. The molecule has 2 aromatic carbocycles. The van der Waals surface area contributed by atoms with Crippen molar-refractivity contribution in [1.29, 1.82) is 0 Å². The van der Waals surface area contributed by atoms with Crippen LogP contribution in [-0.2, 0) is 0 Å². The Balaban J connectivity index is 2.43. The maximum absolute atomic E-state index is 2.36. The minimum absolute atomic E-state index is 0.553. The molecule has 0 fully saturated rings. The van der Waals surface area contributed by atoms with E-state index in [0.717, 1.165) is 0 Å². The molecule has 0 radical (unpaired) electrons. The zero-order valence-electron chi connectivity index (χ0n) is 17.9. The van der Waals surface area contributed by atoms with Crippen molar-refractivity contribution >= 4 is 12.2 Å². The van der Waals surface area contributed by atoms with Gasteiger partial charge in [0.2, 0.25) is 0 Å². The van der Waals surface area contributed by atoms with E-state index >= 15 is 0 Å². The molecule has 0 saturated heterocycles. The molecule has 0 aromatic heterocycles. The van der Waals surface area contributed by atoms with Gasteiger partial charge in [0.1, 0.15) is 0 Å². The van der Waals surface area contributed by atoms with E-state index in [4.69, 9.17) is 0 Å². The highest BCUT2D eigenvalue weighted by Gasteiger charge is 2.08. The molecular weight excluding hydrogens is 312 g/mol. The average molecular weight is 349 g/mol. The van der Waals surface area contributed by atoms with Crippen LogP contribution in [0.2, 0.25) is 0 Å². The molecule has 2 aromatic rings. The van der Waals surface area contributed by atoms with Crippen LogP contribution in [0, 0.1) is 0 Å². The van der Waals surface area contributed by atoms with Gasteiger partial charge in [-0.05, 0) is 57.1 Å². The first-order chi connectivity index (χ1) is 12.2. The van der Waals surface area contributed by atoms with Crippen molar-refractivity contribution < 1.29 is 0 Å². The molecule has 0 aliphatic rings. The van der Waals surface area contributed by atoms with Crippen LogP contribution in [0.3, 0.4) is 0 Å². The van der Waals surface area contributed by atoms with Crippen molar-refractivity contribution in [1.82, 2.24) is 0 Å². The van der Waals surface area contributed by atoms with E-state index in [-0.39, 0.29) is 0 Å². The van der Waals surface area contributed by atoms with Crippen LogP contribution < -0.4 is 0 Å². The van der Waals surface area contributed by atoms with Crippen molar-refractivity contribution in [3.8, 4) is 0 Å². The third kappa shape index (κ3) is 5.34. The van der Waals surface area contributed by atoms with Crippen molar-refractivity contribution in [3.05, 3.63) is 69.8 Å². The maximum atomic E-state index is 2.36. The van der Waals surface area contributed by atoms with Crippen molar-refractivity contribution in [2.24, 2.45) is 0 Å². The quantitative estimate of drug-likeness (QED) is 0.460. The second kappa shape index (κ2) is 8.71. The Hall–Kier alpha value is -1.82. The summed E-state index contributed by atoms with van der Waals surface area (Å²) in [5, 5.41) is 0. The van der Waals surface area contributed by atoms with Gasteiger partial charge < -0.3 is 0 Å². The van der Waals surface area contributed by atoms with Gasteiger partial charge in [-0.15, -0.1) is 0 Å². The fourth-order valence-corrected chi connectivity index (χ4v) is 3.12. The molecule has 0 aliphatic carbocycles. The lowest BCUT2D eigenvalue weighted by molar-refractivity contribution is 0.832. The van der Waals surface area contributed by atoms with Crippen LogP contribution in [0.5, 0.6) is 0 Å². The average Bonchev–Trinajstić information content (AvgIpc) is 2.59. The van der Waals surface area contributed by atoms with Crippen LogP contribution in [0.15, 0.2) is 36.4 Å². The molecule has 0 nitrogen and oxygen atoms in total. The second-order valence-electron chi connectivity index (χ2n) is 8.82. The zero-order chi connectivity index (χ0) is 19.4. The van der Waals surface area contributed by atoms with Gasteiger partial charge in [0.05, 0.1) is 0 Å². The van der Waals surface area contributed by atoms with Gasteiger partial charge in [-0.2, -0.15) is 0 Å². The van der Waals surface area contributed by atoms with E-state index in [0.29, 0.717) is 23.7 Å². The van der Waals surface area contributed by atoms with Crippen LogP contribution in [-0.4, -0.2) is 0 Å². The third-order valence-corrected chi connectivity index (χ3v) is 5.13. The van der Waals surface area contributed by atoms with Gasteiger partial charge in [0.25, 0.3) is 0 Å². The standard InChI is InChI=1S/C26H36/c1-17(2)23-11-21(12-24(15-23)18(3)4)9-10-22-13-25(19(5)6)16-26(14-22)20(7)8/h9-20H,1-8H3. The first-order valence-electron chi connectivity index (χ1n) is 10.1. The zero-order valence-corrected chi connectivity index (χ0v) is 17.9. The Kier molecular flexibility index (Phi) is 6.87. The number of hydrogen-bond donors (Lipinski definition) is 0. The van der Waals surface area contributed by atoms with Crippen molar-refractivity contribution in [2.45, 2.75) is 79.1 Å². The summed E-state index contributed by atoms with van der Waals surface area (Å²) in [7, 11) is 0. The van der Waals surface area contributed by atoms with Gasteiger partial charge in [0, 0.05) is 0 Å². The van der Waals surface area contributed by atoms with E-state index in [1.54, 1.807) is 0 Å².